The van der Waals surface area contributed by atoms with Crippen molar-refractivity contribution in [3.63, 3.8) is 0 Å². The Balaban J connectivity index is 1.87. The first-order chi connectivity index (χ1) is 12.0. The van der Waals surface area contributed by atoms with E-state index >= 15 is 0 Å². The highest BCUT2D eigenvalue weighted by atomic mass is 32.1. The SMILES string of the molecule is CC(C)OC(=O)c1cc2ccsc2n1CC(=O)Nc1ccccc1F. The second-order valence-corrected chi connectivity index (χ2v) is 6.67. The molecule has 5 nitrogen and oxygen atoms in total. The minimum atomic E-state index is -0.510. The predicted octanol–water partition coefficient (Wildman–Crippen LogP) is 4.05. The number of benzene rings is 1. The summed E-state index contributed by atoms with van der Waals surface area (Å²) in [4.78, 5) is 25.4. The van der Waals surface area contributed by atoms with E-state index in [-0.39, 0.29) is 18.3 Å². The van der Waals surface area contributed by atoms with Gasteiger partial charge in [0.25, 0.3) is 0 Å². The zero-order valence-corrected chi connectivity index (χ0v) is 14.6. The number of aromatic nitrogens is 1. The van der Waals surface area contributed by atoms with Gasteiger partial charge in [0.15, 0.2) is 0 Å². The molecule has 0 radical (unpaired) electrons. The van der Waals surface area contributed by atoms with Gasteiger partial charge in [0.05, 0.1) is 11.8 Å². The van der Waals surface area contributed by atoms with Gasteiger partial charge in [0, 0.05) is 5.39 Å². The van der Waals surface area contributed by atoms with Gasteiger partial charge in [-0.1, -0.05) is 12.1 Å². The molecule has 2 heterocycles. The first kappa shape index (κ1) is 17.2. The smallest absolute Gasteiger partial charge is 0.355 e. The molecule has 25 heavy (non-hydrogen) atoms. The van der Waals surface area contributed by atoms with Crippen molar-refractivity contribution in [2.75, 3.05) is 5.32 Å². The van der Waals surface area contributed by atoms with Crippen LogP contribution in [0.3, 0.4) is 0 Å². The van der Waals surface area contributed by atoms with Gasteiger partial charge in [-0.25, -0.2) is 9.18 Å². The number of halogens is 1. The summed E-state index contributed by atoms with van der Waals surface area (Å²) in [6.07, 6.45) is -0.263. The first-order valence-electron chi connectivity index (χ1n) is 7.78. The van der Waals surface area contributed by atoms with E-state index in [1.54, 1.807) is 36.6 Å². The Labute approximate surface area is 148 Å². The highest BCUT2D eigenvalue weighted by Gasteiger charge is 2.20. The molecule has 0 atom stereocenters. The van der Waals surface area contributed by atoms with E-state index in [9.17, 15) is 14.0 Å². The lowest BCUT2D eigenvalue weighted by atomic mass is 10.3. The summed E-state index contributed by atoms with van der Waals surface area (Å²) in [6, 6.07) is 9.51. The molecule has 1 N–H and O–H groups in total. The fourth-order valence-electron chi connectivity index (χ4n) is 2.47. The van der Waals surface area contributed by atoms with Crippen molar-refractivity contribution in [1.29, 1.82) is 0 Å². The number of hydrogen-bond acceptors (Lipinski definition) is 4. The van der Waals surface area contributed by atoms with Gasteiger partial charge >= 0.3 is 5.97 Å². The molecule has 0 saturated carbocycles. The average Bonchev–Trinajstić information content (AvgIpc) is 3.11. The largest absolute Gasteiger partial charge is 0.458 e. The van der Waals surface area contributed by atoms with E-state index in [2.05, 4.69) is 5.32 Å². The summed E-state index contributed by atoms with van der Waals surface area (Å²) in [5, 5.41) is 5.27. The number of carbonyl (C=O) groups excluding carboxylic acids is 2. The normalized spacial score (nSPS) is 11.0. The van der Waals surface area contributed by atoms with Crippen LogP contribution in [0.4, 0.5) is 10.1 Å². The van der Waals surface area contributed by atoms with E-state index in [0.717, 1.165) is 10.2 Å². The lowest BCUT2D eigenvalue weighted by Crippen LogP contribution is -2.23. The molecule has 0 aliphatic heterocycles. The van der Waals surface area contributed by atoms with Crippen LogP contribution >= 0.6 is 11.3 Å². The third kappa shape index (κ3) is 3.71. The molecule has 0 fully saturated rings. The number of nitrogens with zero attached hydrogens (tertiary/aromatic N) is 1. The number of para-hydroxylation sites is 1. The van der Waals surface area contributed by atoms with Crippen LogP contribution in [0.15, 0.2) is 41.8 Å². The minimum absolute atomic E-state index is 0.105. The third-order valence-electron chi connectivity index (χ3n) is 3.50. The van der Waals surface area contributed by atoms with E-state index < -0.39 is 17.7 Å². The summed E-state index contributed by atoms with van der Waals surface area (Å²) in [6.45, 7) is 3.41. The van der Waals surface area contributed by atoms with Crippen LogP contribution < -0.4 is 5.32 Å². The number of hydrogen-bond donors (Lipinski definition) is 1. The number of anilines is 1. The lowest BCUT2D eigenvalue weighted by Gasteiger charge is -2.12. The molecule has 0 spiro atoms. The molecule has 2 aromatic heterocycles. The van der Waals surface area contributed by atoms with Crippen LogP contribution in [-0.4, -0.2) is 22.5 Å². The Bertz CT molecular complexity index is 929. The molecule has 3 aromatic rings. The summed E-state index contributed by atoms with van der Waals surface area (Å²) in [7, 11) is 0. The van der Waals surface area contributed by atoms with Crippen molar-refractivity contribution in [1.82, 2.24) is 4.57 Å². The topological polar surface area (TPSA) is 60.3 Å². The zero-order valence-electron chi connectivity index (χ0n) is 13.8. The molecule has 0 saturated heterocycles. The van der Waals surface area contributed by atoms with Crippen molar-refractivity contribution < 1.29 is 18.7 Å². The number of fused-ring (bicyclic) bond motifs is 1. The Morgan fingerprint density at radius 2 is 2.04 bits per heavy atom. The molecule has 3 rings (SSSR count). The molecule has 0 aliphatic carbocycles. The van der Waals surface area contributed by atoms with Gasteiger partial charge < -0.3 is 14.6 Å². The molecule has 1 aromatic carbocycles. The molecule has 7 heteroatoms. The number of amides is 1. The van der Waals surface area contributed by atoms with Crippen LogP contribution in [0.2, 0.25) is 0 Å². The van der Waals surface area contributed by atoms with Gasteiger partial charge in [-0.2, -0.15) is 0 Å². The maximum atomic E-state index is 13.7. The Morgan fingerprint density at radius 3 is 2.76 bits per heavy atom. The molecule has 0 aliphatic rings. The minimum Gasteiger partial charge on any atom is -0.458 e. The number of esters is 1. The van der Waals surface area contributed by atoms with Crippen LogP contribution in [0, 0.1) is 5.82 Å². The van der Waals surface area contributed by atoms with Gasteiger partial charge in [0.2, 0.25) is 5.91 Å². The van der Waals surface area contributed by atoms with Crippen LogP contribution in [0.5, 0.6) is 0 Å². The number of carbonyl (C=O) groups is 2. The lowest BCUT2D eigenvalue weighted by molar-refractivity contribution is -0.116. The molecule has 0 bridgehead atoms. The summed E-state index contributed by atoms with van der Waals surface area (Å²) in [5.74, 6) is -1.42. The van der Waals surface area contributed by atoms with Crippen molar-refractivity contribution in [3.05, 3.63) is 53.3 Å². The number of nitrogens with one attached hydrogen (secondary N) is 1. The Kier molecular flexibility index (Phi) is 4.85. The van der Waals surface area contributed by atoms with E-state index in [0.29, 0.717) is 5.69 Å². The van der Waals surface area contributed by atoms with E-state index in [1.807, 2.05) is 11.4 Å². The standard InChI is InChI=1S/C18H17FN2O3S/c1-11(2)24-18(23)15-9-12-7-8-25-17(12)21(15)10-16(22)20-14-6-4-3-5-13(14)19/h3-9,11H,10H2,1-2H3,(H,20,22). The van der Waals surface area contributed by atoms with Crippen LogP contribution in [-0.2, 0) is 16.1 Å². The quantitative estimate of drug-likeness (QED) is 0.699. The third-order valence-corrected chi connectivity index (χ3v) is 4.46. The Morgan fingerprint density at radius 1 is 1.28 bits per heavy atom. The molecular weight excluding hydrogens is 343 g/mol. The Hall–Kier alpha value is -2.67. The predicted molar refractivity (Wildman–Crippen MR) is 95.4 cm³/mol. The summed E-state index contributed by atoms with van der Waals surface area (Å²) >= 11 is 1.42. The number of thiophene rings is 1. The number of ether oxygens (including phenoxy) is 1. The van der Waals surface area contributed by atoms with Crippen molar-refractivity contribution in [3.8, 4) is 0 Å². The van der Waals surface area contributed by atoms with Crippen molar-refractivity contribution >= 4 is 39.1 Å². The molecule has 130 valence electrons. The average molecular weight is 360 g/mol. The maximum absolute atomic E-state index is 13.7. The van der Waals surface area contributed by atoms with Gasteiger partial charge in [0.1, 0.15) is 22.9 Å². The van der Waals surface area contributed by atoms with Gasteiger partial charge in [-0.15, -0.1) is 11.3 Å². The monoisotopic (exact) mass is 360 g/mol. The zero-order chi connectivity index (χ0) is 18.0. The van der Waals surface area contributed by atoms with Crippen molar-refractivity contribution in [2.45, 2.75) is 26.5 Å². The van der Waals surface area contributed by atoms with Gasteiger partial charge in [-0.05, 0) is 43.5 Å². The first-order valence-corrected chi connectivity index (χ1v) is 8.65. The highest BCUT2D eigenvalue weighted by Crippen LogP contribution is 2.26. The molecule has 0 unspecified atom stereocenters. The fraction of sp³-hybridized carbons (Fsp3) is 0.222. The van der Waals surface area contributed by atoms with Crippen molar-refractivity contribution in [2.24, 2.45) is 0 Å². The molecular formula is C18H17FN2O3S. The van der Waals surface area contributed by atoms with Crippen LogP contribution in [0.25, 0.3) is 10.2 Å². The second kappa shape index (κ2) is 7.06. The van der Waals surface area contributed by atoms with Crippen LogP contribution in [0.1, 0.15) is 24.3 Å². The van der Waals surface area contributed by atoms with E-state index in [1.165, 1.54) is 23.5 Å². The second-order valence-electron chi connectivity index (χ2n) is 5.78. The number of rotatable bonds is 5. The summed E-state index contributed by atoms with van der Waals surface area (Å²) < 4.78 is 20.5. The van der Waals surface area contributed by atoms with Gasteiger partial charge in [-0.3, -0.25) is 4.79 Å². The molecule has 1 amide bonds. The maximum Gasteiger partial charge on any atom is 0.355 e. The highest BCUT2D eigenvalue weighted by molar-refractivity contribution is 7.16. The van der Waals surface area contributed by atoms with E-state index in [4.69, 9.17) is 4.74 Å². The summed E-state index contributed by atoms with van der Waals surface area (Å²) in [5.41, 5.74) is 0.410. The fourth-order valence-corrected chi connectivity index (χ4v) is 3.37.